The molecule has 150 valence electrons. The largest absolute Gasteiger partial charge is 0.490 e. The van der Waals surface area contributed by atoms with E-state index >= 15 is 0 Å². The zero-order valence-electron chi connectivity index (χ0n) is 16.4. The normalized spacial score (nSPS) is 11.1. The van der Waals surface area contributed by atoms with E-state index in [2.05, 4.69) is 36.5 Å². The Morgan fingerprint density at radius 1 is 1.14 bits per heavy atom. The summed E-state index contributed by atoms with van der Waals surface area (Å²) in [6, 6.07) is 9.51. The van der Waals surface area contributed by atoms with Gasteiger partial charge in [-0.1, -0.05) is 49.2 Å². The number of ether oxygens (including phenoxy) is 2. The molecule has 7 heteroatoms. The highest BCUT2D eigenvalue weighted by Crippen LogP contribution is 2.34. The minimum Gasteiger partial charge on any atom is -0.490 e. The Kier molecular flexibility index (Phi) is 8.15. The minimum absolute atomic E-state index is 0.261. The molecular formula is C21H24Cl2N2O3. The molecule has 0 unspecified atom stereocenters. The van der Waals surface area contributed by atoms with Gasteiger partial charge in [0.25, 0.3) is 0 Å². The molecule has 0 saturated carbocycles. The second-order valence-corrected chi connectivity index (χ2v) is 7.45. The molecule has 1 N–H and O–H groups in total. The van der Waals surface area contributed by atoms with Crippen LogP contribution in [0.5, 0.6) is 11.5 Å². The number of rotatable bonds is 8. The lowest BCUT2D eigenvalue weighted by Crippen LogP contribution is -2.12. The maximum absolute atomic E-state index is 10.8. The van der Waals surface area contributed by atoms with Gasteiger partial charge in [-0.3, -0.25) is 4.79 Å². The Balaban J connectivity index is 1.97. The number of amides is 1. The fourth-order valence-electron chi connectivity index (χ4n) is 2.53. The molecule has 0 atom stereocenters. The molecule has 2 rings (SSSR count). The van der Waals surface area contributed by atoms with E-state index in [1.165, 1.54) is 13.1 Å². The van der Waals surface area contributed by atoms with E-state index in [0.717, 1.165) is 16.9 Å². The third-order valence-electron chi connectivity index (χ3n) is 3.83. The van der Waals surface area contributed by atoms with E-state index in [-0.39, 0.29) is 5.91 Å². The van der Waals surface area contributed by atoms with E-state index in [1.807, 2.05) is 13.0 Å². The van der Waals surface area contributed by atoms with E-state index in [4.69, 9.17) is 32.7 Å². The highest BCUT2D eigenvalue weighted by atomic mass is 35.5. The van der Waals surface area contributed by atoms with Crippen LogP contribution in [0, 0.1) is 6.92 Å². The van der Waals surface area contributed by atoms with Gasteiger partial charge in [0, 0.05) is 6.92 Å². The molecule has 2 aromatic carbocycles. The summed E-state index contributed by atoms with van der Waals surface area (Å²) in [4.78, 5) is 10.8. The molecule has 1 amide bonds. The molecule has 0 radical (unpaired) electrons. The molecule has 0 saturated heterocycles. The van der Waals surface area contributed by atoms with E-state index in [1.54, 1.807) is 12.1 Å². The molecule has 0 bridgehead atoms. The molecule has 0 spiro atoms. The first kappa shape index (κ1) is 22.1. The average molecular weight is 423 g/mol. The van der Waals surface area contributed by atoms with Crippen LogP contribution >= 0.6 is 23.2 Å². The van der Waals surface area contributed by atoms with Crippen LogP contribution in [0.4, 0.5) is 0 Å². The van der Waals surface area contributed by atoms with E-state index in [9.17, 15) is 4.79 Å². The number of halogens is 2. The topological polar surface area (TPSA) is 59.9 Å². The third-order valence-corrected chi connectivity index (χ3v) is 4.40. The quantitative estimate of drug-likeness (QED) is 0.354. The molecule has 0 aliphatic carbocycles. The monoisotopic (exact) mass is 422 g/mol. The first-order chi connectivity index (χ1) is 13.3. The highest BCUT2D eigenvalue weighted by Gasteiger charge is 2.11. The fraction of sp³-hybridized carbons (Fsp3) is 0.333. The predicted octanol–water partition coefficient (Wildman–Crippen LogP) is 5.35. The van der Waals surface area contributed by atoms with Gasteiger partial charge in [-0.05, 0) is 47.7 Å². The third kappa shape index (κ3) is 6.43. The summed E-state index contributed by atoms with van der Waals surface area (Å²) in [7, 11) is 0. The lowest BCUT2D eigenvalue weighted by molar-refractivity contribution is -0.118. The van der Waals surface area contributed by atoms with Crippen molar-refractivity contribution in [2.24, 2.45) is 5.10 Å². The van der Waals surface area contributed by atoms with Gasteiger partial charge in [0.2, 0.25) is 5.91 Å². The summed E-state index contributed by atoms with van der Waals surface area (Å²) in [6.45, 7) is 8.32. The van der Waals surface area contributed by atoms with E-state index < -0.39 is 0 Å². The standard InChI is InChI=1S/C21H24Cl2N2O3/c1-13(2)17-6-5-14(3)9-20(17)27-7-8-28-21-18(22)10-16(11-19(21)23)12-24-25-15(4)26/h5-6,9-13H,7-8H2,1-4H3,(H,25,26)/b24-12-. The molecule has 5 nitrogen and oxygen atoms in total. The molecule has 0 aliphatic heterocycles. The number of nitrogens with zero attached hydrogens (tertiary/aromatic N) is 1. The number of hydrazone groups is 1. The number of carbonyl (C=O) groups excluding carboxylic acids is 1. The van der Waals surface area contributed by atoms with Gasteiger partial charge < -0.3 is 9.47 Å². The van der Waals surface area contributed by atoms with Crippen molar-refractivity contribution in [3.63, 3.8) is 0 Å². The second-order valence-electron chi connectivity index (χ2n) is 6.63. The SMILES string of the molecule is CC(=O)N/N=C\c1cc(Cl)c(OCCOc2cc(C)ccc2C(C)C)c(Cl)c1. The van der Waals surface area contributed by atoms with Gasteiger partial charge in [0.15, 0.2) is 5.75 Å². The lowest BCUT2D eigenvalue weighted by atomic mass is 10.0. The maximum atomic E-state index is 10.8. The summed E-state index contributed by atoms with van der Waals surface area (Å²) in [5, 5.41) is 4.50. The highest BCUT2D eigenvalue weighted by molar-refractivity contribution is 6.37. The Morgan fingerprint density at radius 3 is 2.39 bits per heavy atom. The zero-order valence-corrected chi connectivity index (χ0v) is 17.9. The van der Waals surface area contributed by atoms with Crippen LogP contribution in [0.15, 0.2) is 35.4 Å². The molecule has 0 aromatic heterocycles. The van der Waals surface area contributed by atoms with Crippen LogP contribution in [-0.2, 0) is 4.79 Å². The predicted molar refractivity (Wildman–Crippen MR) is 114 cm³/mol. The van der Waals surface area contributed by atoms with Crippen LogP contribution < -0.4 is 14.9 Å². The molecule has 0 fully saturated rings. The second kappa shape index (κ2) is 10.3. The number of carbonyl (C=O) groups is 1. The van der Waals surface area contributed by atoms with Gasteiger partial charge in [0.1, 0.15) is 19.0 Å². The van der Waals surface area contributed by atoms with Crippen LogP contribution in [0.2, 0.25) is 10.0 Å². The van der Waals surface area contributed by atoms with Gasteiger partial charge in [-0.25, -0.2) is 5.43 Å². The molecular weight excluding hydrogens is 399 g/mol. The van der Waals surface area contributed by atoms with Gasteiger partial charge in [-0.2, -0.15) is 5.10 Å². The Bertz CT molecular complexity index is 844. The molecule has 0 aliphatic rings. The molecule has 2 aromatic rings. The number of aryl methyl sites for hydroxylation is 1. The summed E-state index contributed by atoms with van der Waals surface area (Å²) >= 11 is 12.5. The van der Waals surface area contributed by atoms with Crippen LogP contribution in [0.1, 0.15) is 43.4 Å². The van der Waals surface area contributed by atoms with Crippen LogP contribution in [-0.4, -0.2) is 25.3 Å². The summed E-state index contributed by atoms with van der Waals surface area (Å²) in [6.07, 6.45) is 1.46. The van der Waals surface area contributed by atoms with Crippen molar-refractivity contribution in [1.82, 2.24) is 5.43 Å². The Labute approximate surface area is 175 Å². The number of benzene rings is 2. The van der Waals surface area contributed by atoms with Gasteiger partial charge in [0.05, 0.1) is 16.3 Å². The van der Waals surface area contributed by atoms with Crippen molar-refractivity contribution in [3.8, 4) is 11.5 Å². The summed E-state index contributed by atoms with van der Waals surface area (Å²) in [5.41, 5.74) is 5.26. The van der Waals surface area contributed by atoms with Crippen LogP contribution in [0.3, 0.4) is 0 Å². The first-order valence-electron chi connectivity index (χ1n) is 8.92. The van der Waals surface area contributed by atoms with Crippen molar-refractivity contribution in [2.45, 2.75) is 33.6 Å². The lowest BCUT2D eigenvalue weighted by Gasteiger charge is -2.16. The van der Waals surface area contributed by atoms with Crippen molar-refractivity contribution < 1.29 is 14.3 Å². The zero-order chi connectivity index (χ0) is 20.7. The Hall–Kier alpha value is -2.24. The van der Waals surface area contributed by atoms with Gasteiger partial charge >= 0.3 is 0 Å². The summed E-state index contributed by atoms with van der Waals surface area (Å²) < 4.78 is 11.6. The first-order valence-corrected chi connectivity index (χ1v) is 9.68. The molecule has 0 heterocycles. The Morgan fingerprint density at radius 2 is 1.79 bits per heavy atom. The summed E-state index contributed by atoms with van der Waals surface area (Å²) in [5.74, 6) is 1.35. The minimum atomic E-state index is -0.261. The number of hydrogen-bond acceptors (Lipinski definition) is 4. The van der Waals surface area contributed by atoms with Crippen molar-refractivity contribution in [2.75, 3.05) is 13.2 Å². The average Bonchev–Trinajstić information content (AvgIpc) is 2.60. The molecule has 28 heavy (non-hydrogen) atoms. The maximum Gasteiger partial charge on any atom is 0.236 e. The van der Waals surface area contributed by atoms with Crippen molar-refractivity contribution >= 4 is 35.3 Å². The van der Waals surface area contributed by atoms with Gasteiger partial charge in [-0.15, -0.1) is 0 Å². The smallest absolute Gasteiger partial charge is 0.236 e. The number of nitrogens with one attached hydrogen (secondary N) is 1. The fourth-order valence-corrected chi connectivity index (χ4v) is 3.14. The van der Waals surface area contributed by atoms with E-state index in [0.29, 0.717) is 40.5 Å². The van der Waals surface area contributed by atoms with Crippen LogP contribution in [0.25, 0.3) is 0 Å². The van der Waals surface area contributed by atoms with Crippen molar-refractivity contribution in [3.05, 3.63) is 57.1 Å². The number of hydrogen-bond donors (Lipinski definition) is 1. The van der Waals surface area contributed by atoms with Crippen molar-refractivity contribution in [1.29, 1.82) is 0 Å².